The molecule has 0 aliphatic carbocycles. The molecule has 0 radical (unpaired) electrons. The molecule has 1 heterocycles. The van der Waals surface area contributed by atoms with E-state index in [2.05, 4.69) is 26.6 Å². The van der Waals surface area contributed by atoms with Crippen LogP contribution in [0.2, 0.25) is 0 Å². The van der Waals surface area contributed by atoms with Crippen LogP contribution in [0.4, 0.5) is 0 Å². The second kappa shape index (κ2) is 7.57. The third-order valence-electron chi connectivity index (χ3n) is 2.10. The standard InChI is InChI=1S/C11H13BrN2O5/c12-8-4-3-7(19-8)11(18)14-6-9(15)13-5-1-2-10(16)17/h3-4H,1-2,5-6H2,(H,13,15)(H,14,18)(H,16,17). The molecule has 0 bridgehead atoms. The maximum Gasteiger partial charge on any atom is 0.303 e. The first-order chi connectivity index (χ1) is 8.99. The van der Waals surface area contributed by atoms with E-state index >= 15 is 0 Å². The van der Waals surface area contributed by atoms with Crippen molar-refractivity contribution in [3.63, 3.8) is 0 Å². The highest BCUT2D eigenvalue weighted by Gasteiger charge is 2.11. The lowest BCUT2D eigenvalue weighted by molar-refractivity contribution is -0.137. The van der Waals surface area contributed by atoms with E-state index in [0.29, 0.717) is 11.1 Å². The summed E-state index contributed by atoms with van der Waals surface area (Å²) in [5, 5.41) is 13.3. The fraction of sp³-hybridized carbons (Fsp3) is 0.364. The number of aliphatic carboxylic acids is 1. The smallest absolute Gasteiger partial charge is 0.303 e. The van der Waals surface area contributed by atoms with Gasteiger partial charge in [0.25, 0.3) is 5.91 Å². The zero-order valence-corrected chi connectivity index (χ0v) is 11.5. The largest absolute Gasteiger partial charge is 0.481 e. The molecule has 0 unspecified atom stereocenters. The minimum atomic E-state index is -0.911. The number of carboxylic acids is 1. The molecule has 0 aliphatic heterocycles. The predicted octanol–water partition coefficient (Wildman–Crippen LogP) is 0.753. The highest BCUT2D eigenvalue weighted by molar-refractivity contribution is 9.10. The van der Waals surface area contributed by atoms with Gasteiger partial charge in [0.2, 0.25) is 5.91 Å². The number of nitrogens with one attached hydrogen (secondary N) is 2. The molecule has 0 atom stereocenters. The number of amides is 2. The van der Waals surface area contributed by atoms with Gasteiger partial charge in [0, 0.05) is 13.0 Å². The predicted molar refractivity (Wildman–Crippen MR) is 68.6 cm³/mol. The van der Waals surface area contributed by atoms with Gasteiger partial charge in [0.1, 0.15) is 0 Å². The van der Waals surface area contributed by atoms with E-state index in [-0.39, 0.29) is 31.2 Å². The van der Waals surface area contributed by atoms with E-state index in [9.17, 15) is 14.4 Å². The lowest BCUT2D eigenvalue weighted by atomic mass is 10.3. The van der Waals surface area contributed by atoms with Crippen molar-refractivity contribution >= 4 is 33.7 Å². The van der Waals surface area contributed by atoms with Crippen molar-refractivity contribution in [3.8, 4) is 0 Å². The average Bonchev–Trinajstić information content (AvgIpc) is 2.78. The molecule has 1 aromatic rings. The zero-order chi connectivity index (χ0) is 14.3. The molecule has 0 saturated heterocycles. The van der Waals surface area contributed by atoms with E-state index in [1.807, 2.05) is 0 Å². The van der Waals surface area contributed by atoms with Crippen LogP contribution in [0, 0.1) is 0 Å². The van der Waals surface area contributed by atoms with Crippen molar-refractivity contribution in [2.75, 3.05) is 13.1 Å². The summed E-state index contributed by atoms with van der Waals surface area (Å²) in [6.45, 7) is 0.0670. The van der Waals surface area contributed by atoms with Crippen LogP contribution in [0.1, 0.15) is 23.4 Å². The van der Waals surface area contributed by atoms with Crippen LogP contribution in [0.15, 0.2) is 21.2 Å². The Balaban J connectivity index is 2.19. The van der Waals surface area contributed by atoms with Gasteiger partial charge in [-0.3, -0.25) is 14.4 Å². The summed E-state index contributed by atoms with van der Waals surface area (Å²) in [5.41, 5.74) is 0. The molecule has 3 N–H and O–H groups in total. The van der Waals surface area contributed by atoms with Crippen LogP contribution >= 0.6 is 15.9 Å². The molecule has 1 rings (SSSR count). The molecule has 0 spiro atoms. The lowest BCUT2D eigenvalue weighted by Gasteiger charge is -2.05. The molecule has 0 aromatic carbocycles. The molecular formula is C11H13BrN2O5. The first-order valence-electron chi connectivity index (χ1n) is 5.51. The molecule has 19 heavy (non-hydrogen) atoms. The van der Waals surface area contributed by atoms with Crippen LogP contribution < -0.4 is 10.6 Å². The van der Waals surface area contributed by atoms with Crippen LogP contribution in [0.5, 0.6) is 0 Å². The number of hydrogen-bond donors (Lipinski definition) is 3. The summed E-state index contributed by atoms with van der Waals surface area (Å²) in [5.74, 6) is -1.69. The summed E-state index contributed by atoms with van der Waals surface area (Å²) in [7, 11) is 0. The van der Waals surface area contributed by atoms with Crippen molar-refractivity contribution in [3.05, 3.63) is 22.6 Å². The van der Waals surface area contributed by atoms with Gasteiger partial charge < -0.3 is 20.2 Å². The fourth-order valence-corrected chi connectivity index (χ4v) is 1.52. The first kappa shape index (κ1) is 15.2. The number of carboxylic acid groups (broad SMARTS) is 1. The normalized spacial score (nSPS) is 9.95. The van der Waals surface area contributed by atoms with Crippen molar-refractivity contribution in [1.82, 2.24) is 10.6 Å². The minimum Gasteiger partial charge on any atom is -0.481 e. The molecule has 104 valence electrons. The van der Waals surface area contributed by atoms with E-state index in [1.54, 1.807) is 6.07 Å². The molecule has 2 amide bonds. The second-order valence-corrected chi connectivity index (χ2v) is 4.42. The summed E-state index contributed by atoms with van der Waals surface area (Å²) < 4.78 is 5.44. The van der Waals surface area contributed by atoms with Crippen LogP contribution in [0.3, 0.4) is 0 Å². The summed E-state index contributed by atoms with van der Waals surface area (Å²) >= 11 is 3.06. The third kappa shape index (κ3) is 6.05. The Morgan fingerprint density at radius 2 is 2.00 bits per heavy atom. The highest BCUT2D eigenvalue weighted by atomic mass is 79.9. The number of halogens is 1. The van der Waals surface area contributed by atoms with E-state index in [0.717, 1.165) is 0 Å². The van der Waals surface area contributed by atoms with Gasteiger partial charge in [-0.05, 0) is 34.5 Å². The molecule has 0 saturated carbocycles. The molecule has 7 nitrogen and oxygen atoms in total. The van der Waals surface area contributed by atoms with Gasteiger partial charge in [0.15, 0.2) is 10.4 Å². The van der Waals surface area contributed by atoms with Gasteiger partial charge in [0.05, 0.1) is 6.54 Å². The van der Waals surface area contributed by atoms with Crippen molar-refractivity contribution in [2.24, 2.45) is 0 Å². The zero-order valence-electron chi connectivity index (χ0n) is 9.94. The maximum absolute atomic E-state index is 11.5. The van der Waals surface area contributed by atoms with Crippen LogP contribution in [-0.2, 0) is 9.59 Å². The first-order valence-corrected chi connectivity index (χ1v) is 6.30. The molecular weight excluding hydrogens is 320 g/mol. The Morgan fingerprint density at radius 1 is 1.26 bits per heavy atom. The quantitative estimate of drug-likeness (QED) is 0.638. The Kier molecular flexibility index (Phi) is 6.07. The summed E-state index contributed by atoms with van der Waals surface area (Å²) in [4.78, 5) is 33.0. The molecule has 0 fully saturated rings. The number of carbonyl (C=O) groups is 3. The summed E-state index contributed by atoms with van der Waals surface area (Å²) in [6, 6.07) is 3.05. The second-order valence-electron chi connectivity index (χ2n) is 3.63. The monoisotopic (exact) mass is 332 g/mol. The van der Waals surface area contributed by atoms with Crippen molar-refractivity contribution < 1.29 is 23.9 Å². The molecule has 1 aromatic heterocycles. The van der Waals surface area contributed by atoms with Gasteiger partial charge in [-0.2, -0.15) is 0 Å². The Morgan fingerprint density at radius 3 is 2.58 bits per heavy atom. The number of hydrogen-bond acceptors (Lipinski definition) is 4. The Bertz CT molecular complexity index is 471. The van der Waals surface area contributed by atoms with Crippen molar-refractivity contribution in [2.45, 2.75) is 12.8 Å². The van der Waals surface area contributed by atoms with Crippen LogP contribution in [-0.4, -0.2) is 36.0 Å². The average molecular weight is 333 g/mol. The Hall–Kier alpha value is -1.83. The topological polar surface area (TPSA) is 109 Å². The number of furan rings is 1. The Labute approximate surface area is 117 Å². The number of carbonyl (C=O) groups excluding carboxylic acids is 2. The van der Waals surface area contributed by atoms with Crippen LogP contribution in [0.25, 0.3) is 0 Å². The fourth-order valence-electron chi connectivity index (χ4n) is 1.21. The summed E-state index contributed by atoms with van der Waals surface area (Å²) in [6.07, 6.45) is 0.340. The van der Waals surface area contributed by atoms with E-state index in [4.69, 9.17) is 9.52 Å². The van der Waals surface area contributed by atoms with E-state index < -0.39 is 11.9 Å². The SMILES string of the molecule is O=C(O)CCCNC(=O)CNC(=O)c1ccc(Br)o1. The number of rotatable bonds is 7. The van der Waals surface area contributed by atoms with Gasteiger partial charge in [-0.25, -0.2) is 0 Å². The highest BCUT2D eigenvalue weighted by Crippen LogP contribution is 2.13. The molecule has 0 aliphatic rings. The lowest BCUT2D eigenvalue weighted by Crippen LogP contribution is -2.37. The maximum atomic E-state index is 11.5. The van der Waals surface area contributed by atoms with Gasteiger partial charge in [-0.1, -0.05) is 0 Å². The van der Waals surface area contributed by atoms with Crippen molar-refractivity contribution in [1.29, 1.82) is 0 Å². The van der Waals surface area contributed by atoms with Gasteiger partial charge >= 0.3 is 5.97 Å². The third-order valence-corrected chi connectivity index (χ3v) is 2.52. The van der Waals surface area contributed by atoms with E-state index in [1.165, 1.54) is 6.07 Å². The van der Waals surface area contributed by atoms with Gasteiger partial charge in [-0.15, -0.1) is 0 Å². The minimum absolute atomic E-state index is 0.00688. The molecule has 8 heteroatoms.